The Morgan fingerprint density at radius 1 is 1.12 bits per heavy atom. The molecular weight excluding hydrogens is 428 g/mol. The fourth-order valence-corrected chi connectivity index (χ4v) is 4.78. The highest BCUT2D eigenvalue weighted by atomic mass is 32.2. The molecule has 2 aromatic carbocycles. The van der Waals surface area contributed by atoms with Crippen molar-refractivity contribution in [1.82, 2.24) is 24.8 Å². The Labute approximate surface area is 186 Å². The van der Waals surface area contributed by atoms with Crippen molar-refractivity contribution in [1.29, 1.82) is 0 Å². The van der Waals surface area contributed by atoms with Gasteiger partial charge in [-0.2, -0.15) is 5.10 Å². The zero-order valence-corrected chi connectivity index (χ0v) is 18.6. The van der Waals surface area contributed by atoms with Gasteiger partial charge in [0.15, 0.2) is 0 Å². The summed E-state index contributed by atoms with van der Waals surface area (Å²) in [4.78, 5) is 21.7. The van der Waals surface area contributed by atoms with E-state index >= 15 is 0 Å². The summed E-state index contributed by atoms with van der Waals surface area (Å²) in [7, 11) is -3.66. The van der Waals surface area contributed by atoms with Gasteiger partial charge >= 0.3 is 0 Å². The number of aliphatic imine (C=N–C) groups is 1. The molecule has 1 aliphatic heterocycles. The number of rotatable bonds is 7. The molecule has 1 aromatic heterocycles. The standard InChI is InChI=1S/C22H24N6O3S/c1-15(2)20(26-21-18-9-5-6-10-19(18)32(30,31)27-21)22(29)24-11-16-7-3-4-8-17(16)12-28-14-23-13-25-28/h3-10,13-15,20H,11-12H2,1-2H3,(H,24,29)(H,26,27)/t20-/m0/s1. The number of carbonyl (C=O) groups is 1. The Morgan fingerprint density at radius 2 is 1.84 bits per heavy atom. The van der Waals surface area contributed by atoms with Crippen LogP contribution in [-0.2, 0) is 27.9 Å². The van der Waals surface area contributed by atoms with Crippen molar-refractivity contribution >= 4 is 21.8 Å². The Balaban J connectivity index is 1.52. The summed E-state index contributed by atoms with van der Waals surface area (Å²) in [5, 5.41) is 7.08. The summed E-state index contributed by atoms with van der Waals surface area (Å²) < 4.78 is 28.9. The van der Waals surface area contributed by atoms with Gasteiger partial charge in [-0.3, -0.25) is 14.5 Å². The van der Waals surface area contributed by atoms with Gasteiger partial charge in [0.1, 0.15) is 24.5 Å². The monoisotopic (exact) mass is 452 g/mol. The maximum Gasteiger partial charge on any atom is 0.263 e. The molecule has 1 atom stereocenters. The van der Waals surface area contributed by atoms with Crippen LogP contribution in [0.25, 0.3) is 0 Å². The van der Waals surface area contributed by atoms with Crippen molar-refractivity contribution in [3.05, 3.63) is 77.9 Å². The zero-order valence-electron chi connectivity index (χ0n) is 17.8. The van der Waals surface area contributed by atoms with Crippen molar-refractivity contribution in [2.24, 2.45) is 10.9 Å². The lowest BCUT2D eigenvalue weighted by molar-refractivity contribution is -0.123. The summed E-state index contributed by atoms with van der Waals surface area (Å²) in [5.74, 6) is -0.210. The molecule has 0 saturated heterocycles. The first-order chi connectivity index (χ1) is 15.3. The molecule has 0 unspecified atom stereocenters. The van der Waals surface area contributed by atoms with Gasteiger partial charge in [-0.15, -0.1) is 0 Å². The summed E-state index contributed by atoms with van der Waals surface area (Å²) in [6.07, 6.45) is 3.12. The molecule has 2 heterocycles. The van der Waals surface area contributed by atoms with Crippen LogP contribution < -0.4 is 10.0 Å². The molecule has 9 nitrogen and oxygen atoms in total. The summed E-state index contributed by atoms with van der Waals surface area (Å²) in [5.41, 5.74) is 2.45. The number of amides is 1. The van der Waals surface area contributed by atoms with Crippen molar-refractivity contribution in [2.45, 2.75) is 37.9 Å². The van der Waals surface area contributed by atoms with Crippen molar-refractivity contribution in [3.63, 3.8) is 0 Å². The molecule has 0 fully saturated rings. The minimum absolute atomic E-state index is 0.134. The minimum atomic E-state index is -3.66. The van der Waals surface area contributed by atoms with E-state index in [-0.39, 0.29) is 22.6 Å². The summed E-state index contributed by atoms with van der Waals surface area (Å²) in [6.45, 7) is 4.62. The number of nitrogens with one attached hydrogen (secondary N) is 2. The molecule has 32 heavy (non-hydrogen) atoms. The molecule has 10 heteroatoms. The van der Waals surface area contributed by atoms with Gasteiger partial charge in [-0.25, -0.2) is 18.1 Å². The Bertz CT molecular complexity index is 1250. The highest BCUT2D eigenvalue weighted by Gasteiger charge is 2.32. The maximum atomic E-state index is 13.0. The van der Waals surface area contributed by atoms with Crippen molar-refractivity contribution in [2.75, 3.05) is 0 Å². The number of amidine groups is 1. The molecule has 1 amide bonds. The first-order valence-corrected chi connectivity index (χ1v) is 11.7. The normalized spacial score (nSPS) is 16.5. The Hall–Kier alpha value is -3.53. The predicted octanol–water partition coefficient (Wildman–Crippen LogP) is 1.71. The van der Waals surface area contributed by atoms with Gasteiger partial charge in [0.05, 0.1) is 11.4 Å². The van der Waals surface area contributed by atoms with Crippen LogP contribution in [-0.4, -0.2) is 41.0 Å². The second-order valence-electron chi connectivity index (χ2n) is 7.85. The van der Waals surface area contributed by atoms with Crippen LogP contribution in [0.15, 0.2) is 71.1 Å². The van der Waals surface area contributed by atoms with Crippen LogP contribution in [0, 0.1) is 5.92 Å². The highest BCUT2D eigenvalue weighted by molar-refractivity contribution is 7.90. The number of carbonyl (C=O) groups excluding carboxylic acids is 1. The molecule has 4 rings (SSSR count). The van der Waals surface area contributed by atoms with Crippen molar-refractivity contribution < 1.29 is 13.2 Å². The van der Waals surface area contributed by atoms with E-state index in [1.165, 1.54) is 12.4 Å². The number of hydrogen-bond acceptors (Lipinski definition) is 6. The molecule has 0 bridgehead atoms. The quantitative estimate of drug-likeness (QED) is 0.566. The lowest BCUT2D eigenvalue weighted by Gasteiger charge is -2.18. The van der Waals surface area contributed by atoms with E-state index in [0.29, 0.717) is 18.7 Å². The molecule has 1 aliphatic rings. The average molecular weight is 453 g/mol. The molecule has 0 saturated carbocycles. The Morgan fingerprint density at radius 3 is 2.56 bits per heavy atom. The van der Waals surface area contributed by atoms with E-state index in [0.717, 1.165) is 11.1 Å². The highest BCUT2D eigenvalue weighted by Crippen LogP contribution is 2.23. The fraction of sp³-hybridized carbons (Fsp3) is 0.273. The first kappa shape index (κ1) is 21.7. The third-order valence-electron chi connectivity index (χ3n) is 5.20. The molecule has 0 radical (unpaired) electrons. The molecule has 0 spiro atoms. The number of fused-ring (bicyclic) bond motifs is 1. The van der Waals surface area contributed by atoms with E-state index in [1.54, 1.807) is 29.2 Å². The van der Waals surface area contributed by atoms with Gasteiger partial charge < -0.3 is 5.32 Å². The van der Waals surface area contributed by atoms with E-state index in [2.05, 4.69) is 25.1 Å². The third-order valence-corrected chi connectivity index (χ3v) is 6.60. The predicted molar refractivity (Wildman–Crippen MR) is 119 cm³/mol. The number of nitrogens with zero attached hydrogens (tertiary/aromatic N) is 4. The topological polar surface area (TPSA) is 118 Å². The van der Waals surface area contributed by atoms with Crippen LogP contribution in [0.1, 0.15) is 30.5 Å². The molecule has 3 aromatic rings. The number of hydrogen-bond donors (Lipinski definition) is 2. The van der Waals surface area contributed by atoms with E-state index < -0.39 is 16.1 Å². The van der Waals surface area contributed by atoms with Crippen molar-refractivity contribution in [3.8, 4) is 0 Å². The maximum absolute atomic E-state index is 13.0. The molecule has 2 N–H and O–H groups in total. The number of aromatic nitrogens is 3. The fourth-order valence-electron chi connectivity index (χ4n) is 3.54. The third kappa shape index (κ3) is 4.54. The summed E-state index contributed by atoms with van der Waals surface area (Å²) >= 11 is 0. The van der Waals surface area contributed by atoms with Gasteiger partial charge in [-0.05, 0) is 29.2 Å². The van der Waals surface area contributed by atoms with Gasteiger partial charge in [0.25, 0.3) is 10.0 Å². The van der Waals surface area contributed by atoms with Crippen LogP contribution in [0.5, 0.6) is 0 Å². The SMILES string of the molecule is CC(C)[C@H](N=C1NS(=O)(=O)c2ccccc21)C(=O)NCc1ccccc1Cn1cncn1. The van der Waals surface area contributed by atoms with Gasteiger partial charge in [0.2, 0.25) is 5.91 Å². The second kappa shape index (κ2) is 8.91. The van der Waals surface area contributed by atoms with Crippen LogP contribution >= 0.6 is 0 Å². The summed E-state index contributed by atoms with van der Waals surface area (Å²) in [6, 6.07) is 13.6. The van der Waals surface area contributed by atoms with E-state index in [1.807, 2.05) is 38.1 Å². The smallest absolute Gasteiger partial charge is 0.263 e. The largest absolute Gasteiger partial charge is 0.350 e. The van der Waals surface area contributed by atoms with Crippen LogP contribution in [0.3, 0.4) is 0 Å². The first-order valence-electron chi connectivity index (χ1n) is 10.2. The van der Waals surface area contributed by atoms with Gasteiger partial charge in [0, 0.05) is 12.1 Å². The van der Waals surface area contributed by atoms with Gasteiger partial charge in [-0.1, -0.05) is 50.2 Å². The lowest BCUT2D eigenvalue weighted by Crippen LogP contribution is -2.38. The number of benzene rings is 2. The average Bonchev–Trinajstić information content (AvgIpc) is 3.37. The lowest BCUT2D eigenvalue weighted by atomic mass is 10.0. The number of sulfonamides is 1. The van der Waals surface area contributed by atoms with E-state index in [4.69, 9.17) is 0 Å². The molecular formula is C22H24N6O3S. The molecule has 166 valence electrons. The van der Waals surface area contributed by atoms with Crippen LogP contribution in [0.2, 0.25) is 0 Å². The van der Waals surface area contributed by atoms with E-state index in [9.17, 15) is 13.2 Å². The minimum Gasteiger partial charge on any atom is -0.350 e. The second-order valence-corrected chi connectivity index (χ2v) is 9.50. The van der Waals surface area contributed by atoms with Crippen LogP contribution in [0.4, 0.5) is 0 Å². The zero-order chi connectivity index (χ0) is 22.7. The Kier molecular flexibility index (Phi) is 6.04. The molecule has 0 aliphatic carbocycles.